The fraction of sp³-hybridized carbons (Fsp3) is 0.333. The van der Waals surface area contributed by atoms with E-state index in [-0.39, 0.29) is 5.92 Å². The maximum atomic E-state index is 13.9. The summed E-state index contributed by atoms with van der Waals surface area (Å²) in [7, 11) is 0. The molecule has 1 heterocycles. The molecule has 8 heteroatoms. The van der Waals surface area contributed by atoms with Crippen molar-refractivity contribution in [3.63, 3.8) is 0 Å². The summed E-state index contributed by atoms with van der Waals surface area (Å²) < 4.78 is 39.0. The molecule has 3 rings (SSSR count). The third kappa shape index (κ3) is 4.47. The fourth-order valence-electron chi connectivity index (χ4n) is 2.98. The van der Waals surface area contributed by atoms with Crippen LogP contribution in [-0.2, 0) is 4.79 Å². The number of carbonyl (C=O) groups is 2. The number of amides is 2. The van der Waals surface area contributed by atoms with Crippen molar-refractivity contribution in [3.8, 4) is 11.5 Å². The van der Waals surface area contributed by atoms with Gasteiger partial charge in [-0.1, -0.05) is 19.9 Å². The summed E-state index contributed by atoms with van der Waals surface area (Å²) in [5.41, 5.74) is -0.289. The second kappa shape index (κ2) is 7.69. The molecule has 0 aliphatic carbocycles. The first-order chi connectivity index (χ1) is 13.6. The van der Waals surface area contributed by atoms with Crippen molar-refractivity contribution in [2.75, 3.05) is 5.32 Å². The number of hydrogen-bond donors (Lipinski definition) is 2. The molecule has 1 aliphatic heterocycles. The first-order valence-electron chi connectivity index (χ1n) is 9.15. The summed E-state index contributed by atoms with van der Waals surface area (Å²) >= 11 is 0. The minimum atomic E-state index is -1.01. The number of rotatable bonds is 5. The van der Waals surface area contributed by atoms with Gasteiger partial charge >= 0.3 is 0 Å². The van der Waals surface area contributed by atoms with E-state index < -0.39 is 40.8 Å². The lowest BCUT2D eigenvalue weighted by atomic mass is 10.0. The Morgan fingerprint density at radius 2 is 1.62 bits per heavy atom. The molecule has 1 aliphatic rings. The van der Waals surface area contributed by atoms with E-state index in [1.807, 2.05) is 0 Å². The molecule has 0 spiro atoms. The molecule has 0 radical (unpaired) electrons. The second-order valence-corrected chi connectivity index (χ2v) is 7.55. The van der Waals surface area contributed by atoms with Gasteiger partial charge in [0.25, 0.3) is 5.91 Å². The molecule has 2 aromatic rings. The summed E-state index contributed by atoms with van der Waals surface area (Å²) in [6.07, 6.45) is 0. The van der Waals surface area contributed by atoms with Gasteiger partial charge in [0.05, 0.1) is 0 Å². The third-order valence-corrected chi connectivity index (χ3v) is 4.35. The van der Waals surface area contributed by atoms with Gasteiger partial charge in [-0.15, -0.1) is 0 Å². The lowest BCUT2D eigenvalue weighted by Gasteiger charge is -2.22. The molecule has 0 saturated carbocycles. The normalized spacial score (nSPS) is 15.1. The maximum Gasteiger partial charge on any atom is 0.257 e. The number of anilines is 1. The quantitative estimate of drug-likeness (QED) is 0.793. The molecular weight excluding hydrogens is 382 g/mol. The van der Waals surface area contributed by atoms with Crippen molar-refractivity contribution in [1.29, 1.82) is 0 Å². The number of ether oxygens (including phenoxy) is 2. The SMILES string of the molecule is CC(C)C(NC(=O)c1c(F)cccc1F)C(=O)Nc1ccc2c(c1)OC(C)(C)O2. The van der Waals surface area contributed by atoms with Gasteiger partial charge in [0, 0.05) is 25.6 Å². The molecule has 0 fully saturated rings. The van der Waals surface area contributed by atoms with Crippen LogP contribution in [0.1, 0.15) is 38.1 Å². The van der Waals surface area contributed by atoms with Gasteiger partial charge in [-0.3, -0.25) is 9.59 Å². The predicted octanol–water partition coefficient (Wildman–Crippen LogP) is 3.87. The zero-order valence-electron chi connectivity index (χ0n) is 16.5. The van der Waals surface area contributed by atoms with Gasteiger partial charge in [-0.2, -0.15) is 0 Å². The lowest BCUT2D eigenvalue weighted by Crippen LogP contribution is -2.47. The topological polar surface area (TPSA) is 76.7 Å². The monoisotopic (exact) mass is 404 g/mol. The van der Waals surface area contributed by atoms with E-state index in [0.29, 0.717) is 17.2 Å². The average Bonchev–Trinajstić information content (AvgIpc) is 2.92. The van der Waals surface area contributed by atoms with Crippen molar-refractivity contribution in [1.82, 2.24) is 5.32 Å². The number of benzene rings is 2. The van der Waals surface area contributed by atoms with E-state index >= 15 is 0 Å². The first kappa shape index (κ1) is 20.6. The molecule has 29 heavy (non-hydrogen) atoms. The standard InChI is InChI=1S/C21H22F2N2O4/c1-11(2)18(25-19(26)17-13(22)6-5-7-14(17)23)20(27)24-12-8-9-15-16(10-12)29-21(3,4)28-15/h5-11,18H,1-4H3,(H,24,27)(H,25,26). The molecule has 0 saturated heterocycles. The zero-order chi connectivity index (χ0) is 21.3. The van der Waals surface area contributed by atoms with E-state index in [4.69, 9.17) is 9.47 Å². The van der Waals surface area contributed by atoms with Gasteiger partial charge in [0.2, 0.25) is 11.7 Å². The number of halogens is 2. The molecule has 1 atom stereocenters. The summed E-state index contributed by atoms with van der Waals surface area (Å²) in [6.45, 7) is 6.95. The second-order valence-electron chi connectivity index (χ2n) is 7.55. The van der Waals surface area contributed by atoms with Crippen molar-refractivity contribution >= 4 is 17.5 Å². The Morgan fingerprint density at radius 1 is 1.00 bits per heavy atom. The number of nitrogens with one attached hydrogen (secondary N) is 2. The van der Waals surface area contributed by atoms with E-state index in [9.17, 15) is 18.4 Å². The highest BCUT2D eigenvalue weighted by molar-refractivity contribution is 6.01. The van der Waals surface area contributed by atoms with Crippen LogP contribution in [0.4, 0.5) is 14.5 Å². The highest BCUT2D eigenvalue weighted by atomic mass is 19.1. The Kier molecular flexibility index (Phi) is 5.46. The molecule has 2 aromatic carbocycles. The summed E-state index contributed by atoms with van der Waals surface area (Å²) in [4.78, 5) is 25.1. The Hall–Kier alpha value is -3.16. The zero-order valence-corrected chi connectivity index (χ0v) is 16.5. The third-order valence-electron chi connectivity index (χ3n) is 4.35. The van der Waals surface area contributed by atoms with E-state index in [1.54, 1.807) is 45.9 Å². The lowest BCUT2D eigenvalue weighted by molar-refractivity contribution is -0.118. The molecule has 154 valence electrons. The Labute approximate surface area is 167 Å². The highest BCUT2D eigenvalue weighted by Gasteiger charge is 2.32. The minimum Gasteiger partial charge on any atom is -0.449 e. The van der Waals surface area contributed by atoms with Crippen LogP contribution in [-0.4, -0.2) is 23.6 Å². The summed E-state index contributed by atoms with van der Waals surface area (Å²) in [6, 6.07) is 7.03. The van der Waals surface area contributed by atoms with E-state index in [0.717, 1.165) is 18.2 Å². The number of hydrogen-bond acceptors (Lipinski definition) is 4. The molecule has 2 amide bonds. The molecular formula is C21H22F2N2O4. The van der Waals surface area contributed by atoms with Crippen LogP contribution in [0, 0.1) is 17.6 Å². The van der Waals surface area contributed by atoms with Crippen LogP contribution in [0.3, 0.4) is 0 Å². The highest BCUT2D eigenvalue weighted by Crippen LogP contribution is 2.40. The van der Waals surface area contributed by atoms with Gasteiger partial charge in [-0.25, -0.2) is 8.78 Å². The number of carbonyl (C=O) groups excluding carboxylic acids is 2. The van der Waals surface area contributed by atoms with E-state index in [1.165, 1.54) is 0 Å². The van der Waals surface area contributed by atoms with Gasteiger partial charge in [0.15, 0.2) is 11.5 Å². The smallest absolute Gasteiger partial charge is 0.257 e. The maximum absolute atomic E-state index is 13.9. The minimum absolute atomic E-state index is 0.332. The average molecular weight is 404 g/mol. The fourth-order valence-corrected chi connectivity index (χ4v) is 2.98. The molecule has 2 N–H and O–H groups in total. The predicted molar refractivity (Wildman–Crippen MR) is 103 cm³/mol. The van der Waals surface area contributed by atoms with Crippen LogP contribution in [0.25, 0.3) is 0 Å². The van der Waals surface area contributed by atoms with Crippen molar-refractivity contribution in [2.24, 2.45) is 5.92 Å². The molecule has 6 nitrogen and oxygen atoms in total. The Morgan fingerprint density at radius 3 is 2.24 bits per heavy atom. The van der Waals surface area contributed by atoms with Crippen LogP contribution < -0.4 is 20.1 Å². The molecule has 0 aromatic heterocycles. The van der Waals surface area contributed by atoms with Gasteiger partial charge < -0.3 is 20.1 Å². The molecule has 1 unspecified atom stereocenters. The van der Waals surface area contributed by atoms with Gasteiger partial charge in [-0.05, 0) is 30.2 Å². The van der Waals surface area contributed by atoms with Crippen molar-refractivity contribution in [3.05, 3.63) is 53.6 Å². The Bertz CT molecular complexity index is 939. The van der Waals surface area contributed by atoms with Crippen LogP contribution >= 0.6 is 0 Å². The van der Waals surface area contributed by atoms with Crippen LogP contribution in [0.15, 0.2) is 36.4 Å². The van der Waals surface area contributed by atoms with Crippen molar-refractivity contribution in [2.45, 2.75) is 39.5 Å². The van der Waals surface area contributed by atoms with E-state index in [2.05, 4.69) is 10.6 Å². The first-order valence-corrected chi connectivity index (χ1v) is 9.15. The molecule has 0 bridgehead atoms. The van der Waals surface area contributed by atoms with Crippen LogP contribution in [0.5, 0.6) is 11.5 Å². The largest absolute Gasteiger partial charge is 0.449 e. The van der Waals surface area contributed by atoms with Gasteiger partial charge in [0.1, 0.15) is 23.2 Å². The summed E-state index contributed by atoms with van der Waals surface area (Å²) in [5, 5.41) is 5.10. The van der Waals surface area contributed by atoms with Crippen LogP contribution in [0.2, 0.25) is 0 Å². The summed E-state index contributed by atoms with van der Waals surface area (Å²) in [5.74, 6) is -3.62. The van der Waals surface area contributed by atoms with Crippen molar-refractivity contribution < 1.29 is 27.8 Å². The Balaban J connectivity index is 1.75. The number of fused-ring (bicyclic) bond motifs is 1.